The zero-order valence-corrected chi connectivity index (χ0v) is 13.7. The minimum absolute atomic E-state index is 0. The number of benzene rings is 1. The highest BCUT2D eigenvalue weighted by Gasteiger charge is 2.20. The van der Waals surface area contributed by atoms with Crippen molar-refractivity contribution in [3.8, 4) is 0 Å². The average Bonchev–Trinajstić information content (AvgIpc) is 2.37. The van der Waals surface area contributed by atoms with Crippen LogP contribution in [0.5, 0.6) is 0 Å². The van der Waals surface area contributed by atoms with Crippen molar-refractivity contribution in [3.05, 3.63) is 34.3 Å². The molecule has 2 atom stereocenters. The van der Waals surface area contributed by atoms with Crippen LogP contribution < -0.4 is 11.1 Å². The second kappa shape index (κ2) is 8.94. The van der Waals surface area contributed by atoms with Crippen LogP contribution in [-0.4, -0.2) is 25.0 Å². The van der Waals surface area contributed by atoms with Crippen molar-refractivity contribution in [2.24, 2.45) is 5.73 Å². The topological polar surface area (TPSA) is 81.4 Å². The predicted molar refractivity (Wildman–Crippen MR) is 82.6 cm³/mol. The quantitative estimate of drug-likeness (QED) is 0.781. The molecule has 1 unspecified atom stereocenters. The van der Waals surface area contributed by atoms with Crippen LogP contribution >= 0.6 is 28.3 Å². The number of rotatable bonds is 5. The Kier molecular flexibility index (Phi) is 8.45. The number of nitrogens with two attached hydrogens (primary N) is 1. The Hall–Kier alpha value is -1.11. The molecular weight excluding hydrogens is 348 g/mol. The highest BCUT2D eigenvalue weighted by Crippen LogP contribution is 2.21. The monoisotopic (exact) mass is 364 g/mol. The molecule has 0 aromatic heterocycles. The van der Waals surface area contributed by atoms with Crippen LogP contribution in [0.4, 0.5) is 0 Å². The largest absolute Gasteiger partial charge is 0.469 e. The van der Waals surface area contributed by atoms with Gasteiger partial charge in [-0.15, -0.1) is 12.4 Å². The van der Waals surface area contributed by atoms with E-state index in [1.165, 1.54) is 7.11 Å². The Morgan fingerprint density at radius 2 is 2.10 bits per heavy atom. The summed E-state index contributed by atoms with van der Waals surface area (Å²) >= 11 is 3.36. The molecule has 0 radical (unpaired) electrons. The number of carbonyl (C=O) groups excluding carboxylic acids is 2. The molecule has 0 bridgehead atoms. The van der Waals surface area contributed by atoms with Crippen LogP contribution in [-0.2, 0) is 14.3 Å². The van der Waals surface area contributed by atoms with E-state index in [9.17, 15) is 9.59 Å². The lowest BCUT2D eigenvalue weighted by Gasteiger charge is -2.19. The minimum Gasteiger partial charge on any atom is -0.469 e. The Bertz CT molecular complexity index is 469. The van der Waals surface area contributed by atoms with Gasteiger partial charge >= 0.3 is 5.97 Å². The maximum atomic E-state index is 11.7. The van der Waals surface area contributed by atoms with Crippen molar-refractivity contribution in [2.75, 3.05) is 7.11 Å². The fraction of sp³-hybridized carbons (Fsp3) is 0.385. The van der Waals surface area contributed by atoms with Gasteiger partial charge in [0, 0.05) is 4.47 Å². The van der Waals surface area contributed by atoms with E-state index in [4.69, 9.17) is 5.73 Å². The molecular formula is C13H18BrClN2O3. The second-order valence-electron chi connectivity index (χ2n) is 4.19. The summed E-state index contributed by atoms with van der Waals surface area (Å²) in [5.74, 6) is -0.705. The molecule has 0 spiro atoms. The summed E-state index contributed by atoms with van der Waals surface area (Å²) in [6.45, 7) is 1.59. The summed E-state index contributed by atoms with van der Waals surface area (Å²) in [5.41, 5.74) is 6.33. The molecule has 1 rings (SSSR count). The van der Waals surface area contributed by atoms with Gasteiger partial charge in [0.15, 0.2) is 0 Å². The van der Waals surface area contributed by atoms with E-state index in [1.54, 1.807) is 6.92 Å². The molecule has 0 fully saturated rings. The summed E-state index contributed by atoms with van der Waals surface area (Å²) in [6, 6.07) is 6.29. The summed E-state index contributed by atoms with van der Waals surface area (Å²) in [7, 11) is 1.31. The van der Waals surface area contributed by atoms with Crippen molar-refractivity contribution in [2.45, 2.75) is 25.4 Å². The molecule has 0 saturated heterocycles. The summed E-state index contributed by atoms with van der Waals surface area (Å²) < 4.78 is 5.51. The van der Waals surface area contributed by atoms with E-state index in [0.29, 0.717) is 0 Å². The third-order valence-electron chi connectivity index (χ3n) is 2.58. The molecule has 1 aromatic rings. The Balaban J connectivity index is 0.00000361. The van der Waals surface area contributed by atoms with Crippen molar-refractivity contribution in [3.63, 3.8) is 0 Å². The molecule has 7 heteroatoms. The van der Waals surface area contributed by atoms with Gasteiger partial charge in [-0.1, -0.05) is 28.1 Å². The van der Waals surface area contributed by atoms with Crippen LogP contribution in [0, 0.1) is 0 Å². The maximum Gasteiger partial charge on any atom is 0.307 e. The number of halogens is 2. The van der Waals surface area contributed by atoms with Gasteiger partial charge in [0.2, 0.25) is 5.91 Å². The first-order valence-corrected chi connectivity index (χ1v) is 6.61. The molecule has 1 amide bonds. The smallest absolute Gasteiger partial charge is 0.307 e. The number of hydrogen-bond acceptors (Lipinski definition) is 4. The van der Waals surface area contributed by atoms with Crippen LogP contribution in [0.2, 0.25) is 0 Å². The van der Waals surface area contributed by atoms with Gasteiger partial charge in [0.1, 0.15) is 0 Å². The fourth-order valence-electron chi connectivity index (χ4n) is 1.53. The van der Waals surface area contributed by atoms with E-state index >= 15 is 0 Å². The first-order valence-electron chi connectivity index (χ1n) is 5.82. The standard InChI is InChI=1S/C13H17BrN2O3.ClH/c1-8(15)13(18)16-11(7-12(17)19-2)9-4-3-5-10(14)6-9;/h3-6,8,11H,7,15H2,1-2H3,(H,16,18);1H/t8-,11?;/m1./s1. The van der Waals surface area contributed by atoms with E-state index in [0.717, 1.165) is 10.0 Å². The lowest BCUT2D eigenvalue weighted by Crippen LogP contribution is -2.41. The lowest BCUT2D eigenvalue weighted by atomic mass is 10.0. The molecule has 0 saturated carbocycles. The molecule has 0 aliphatic heterocycles. The van der Waals surface area contributed by atoms with Gasteiger partial charge < -0.3 is 15.8 Å². The first kappa shape index (κ1) is 18.9. The van der Waals surface area contributed by atoms with Crippen molar-refractivity contribution >= 4 is 40.2 Å². The van der Waals surface area contributed by atoms with E-state index < -0.39 is 18.1 Å². The van der Waals surface area contributed by atoms with Crippen LogP contribution in [0.25, 0.3) is 0 Å². The van der Waals surface area contributed by atoms with E-state index in [1.807, 2.05) is 24.3 Å². The number of esters is 1. The van der Waals surface area contributed by atoms with Crippen LogP contribution in [0.3, 0.4) is 0 Å². The van der Waals surface area contributed by atoms with Gasteiger partial charge in [-0.3, -0.25) is 9.59 Å². The van der Waals surface area contributed by atoms with Gasteiger partial charge in [-0.2, -0.15) is 0 Å². The molecule has 0 aliphatic rings. The van der Waals surface area contributed by atoms with Crippen LogP contribution in [0.1, 0.15) is 24.9 Å². The van der Waals surface area contributed by atoms with Gasteiger partial charge in [-0.25, -0.2) is 0 Å². The molecule has 20 heavy (non-hydrogen) atoms. The SMILES string of the molecule is COC(=O)CC(NC(=O)[C@@H](C)N)c1cccc(Br)c1.Cl. The number of ether oxygens (including phenoxy) is 1. The Labute approximate surface area is 132 Å². The molecule has 0 aliphatic carbocycles. The normalized spacial score (nSPS) is 12.8. The molecule has 5 nitrogen and oxygen atoms in total. The van der Waals surface area contributed by atoms with E-state index in [2.05, 4.69) is 26.0 Å². The minimum atomic E-state index is -0.632. The number of hydrogen-bond donors (Lipinski definition) is 2. The van der Waals surface area contributed by atoms with Crippen molar-refractivity contribution < 1.29 is 14.3 Å². The number of carbonyl (C=O) groups is 2. The summed E-state index contributed by atoms with van der Waals surface area (Å²) in [4.78, 5) is 23.1. The van der Waals surface area contributed by atoms with E-state index in [-0.39, 0.29) is 24.7 Å². The second-order valence-corrected chi connectivity index (χ2v) is 5.10. The van der Waals surface area contributed by atoms with Gasteiger partial charge in [0.05, 0.1) is 25.6 Å². The Morgan fingerprint density at radius 3 is 2.60 bits per heavy atom. The highest BCUT2D eigenvalue weighted by atomic mass is 79.9. The number of methoxy groups -OCH3 is 1. The highest BCUT2D eigenvalue weighted by molar-refractivity contribution is 9.10. The average molecular weight is 366 g/mol. The maximum absolute atomic E-state index is 11.7. The molecule has 1 aromatic carbocycles. The Morgan fingerprint density at radius 1 is 1.45 bits per heavy atom. The fourth-order valence-corrected chi connectivity index (χ4v) is 1.95. The molecule has 112 valence electrons. The zero-order chi connectivity index (χ0) is 14.4. The van der Waals surface area contributed by atoms with Crippen LogP contribution in [0.15, 0.2) is 28.7 Å². The summed E-state index contributed by atoms with van der Waals surface area (Å²) in [6.07, 6.45) is 0.0609. The molecule has 3 N–H and O–H groups in total. The third kappa shape index (κ3) is 5.90. The summed E-state index contributed by atoms with van der Waals surface area (Å²) in [5, 5.41) is 2.74. The number of amides is 1. The van der Waals surface area contributed by atoms with Crippen molar-refractivity contribution in [1.29, 1.82) is 0 Å². The van der Waals surface area contributed by atoms with Gasteiger partial charge in [0.25, 0.3) is 0 Å². The predicted octanol–water partition coefficient (Wildman–Crippen LogP) is 1.94. The van der Waals surface area contributed by atoms with Gasteiger partial charge in [-0.05, 0) is 24.6 Å². The molecule has 0 heterocycles. The zero-order valence-electron chi connectivity index (χ0n) is 11.3. The third-order valence-corrected chi connectivity index (χ3v) is 3.07. The lowest BCUT2D eigenvalue weighted by molar-refractivity contribution is -0.141. The van der Waals surface area contributed by atoms with Crippen molar-refractivity contribution in [1.82, 2.24) is 5.32 Å². The first-order chi connectivity index (χ1) is 8.93. The number of nitrogens with one attached hydrogen (secondary N) is 1.